The molecule has 8 nitrogen and oxygen atoms in total. The molecule has 96 valence electrons. The molecule has 0 aliphatic carbocycles. The van der Waals surface area contributed by atoms with Gasteiger partial charge in [-0.3, -0.25) is 4.79 Å². The number of aryl methyl sites for hydroxylation is 2. The van der Waals surface area contributed by atoms with Gasteiger partial charge < -0.3 is 15.6 Å². The number of aromatic nitrogens is 4. The minimum absolute atomic E-state index is 0.0770. The van der Waals surface area contributed by atoms with Gasteiger partial charge >= 0.3 is 0 Å². The second-order valence-corrected chi connectivity index (χ2v) is 3.92. The lowest BCUT2D eigenvalue weighted by atomic mass is 10.2. The van der Waals surface area contributed by atoms with Gasteiger partial charge in [-0.1, -0.05) is 10.4 Å². The largest absolute Gasteiger partial charge is 0.381 e. The van der Waals surface area contributed by atoms with E-state index >= 15 is 0 Å². The number of anilines is 1. The maximum Gasteiger partial charge on any atom is 0.242 e. The number of carbonyl (C=O) groups excluding carboxylic acids is 1. The fourth-order valence-corrected chi connectivity index (χ4v) is 1.53. The highest BCUT2D eigenvalue weighted by molar-refractivity contribution is 5.75. The van der Waals surface area contributed by atoms with Crippen molar-refractivity contribution in [2.24, 2.45) is 0 Å². The summed E-state index contributed by atoms with van der Waals surface area (Å²) in [7, 11) is 0. The molecule has 0 spiro atoms. The average Bonchev–Trinajstić information content (AvgIpc) is 2.84. The predicted molar refractivity (Wildman–Crippen MR) is 62.3 cm³/mol. The van der Waals surface area contributed by atoms with E-state index < -0.39 is 0 Å². The van der Waals surface area contributed by atoms with E-state index in [4.69, 9.17) is 10.3 Å². The van der Waals surface area contributed by atoms with Gasteiger partial charge in [0.05, 0.1) is 11.9 Å². The number of amides is 1. The molecule has 18 heavy (non-hydrogen) atoms. The van der Waals surface area contributed by atoms with E-state index in [2.05, 4.69) is 20.8 Å². The zero-order valence-corrected chi connectivity index (χ0v) is 10.2. The summed E-state index contributed by atoms with van der Waals surface area (Å²) in [5, 5.41) is 13.8. The van der Waals surface area contributed by atoms with E-state index in [9.17, 15) is 4.79 Å². The van der Waals surface area contributed by atoms with E-state index in [0.29, 0.717) is 12.3 Å². The predicted octanol–water partition coefficient (Wildman–Crippen LogP) is -0.218. The van der Waals surface area contributed by atoms with Crippen LogP contribution in [-0.4, -0.2) is 26.1 Å². The summed E-state index contributed by atoms with van der Waals surface area (Å²) in [6.45, 7) is 4.09. The first-order valence-corrected chi connectivity index (χ1v) is 5.40. The number of nitrogens with two attached hydrogens (primary N) is 1. The Balaban J connectivity index is 1.89. The molecule has 2 aromatic heterocycles. The fraction of sp³-hybridized carbons (Fsp3) is 0.400. The highest BCUT2D eigenvalue weighted by atomic mass is 16.5. The van der Waals surface area contributed by atoms with Crippen LogP contribution < -0.4 is 11.1 Å². The highest BCUT2D eigenvalue weighted by Gasteiger charge is 2.10. The van der Waals surface area contributed by atoms with Gasteiger partial charge in [-0.2, -0.15) is 0 Å². The zero-order chi connectivity index (χ0) is 13.1. The first-order chi connectivity index (χ1) is 8.56. The van der Waals surface area contributed by atoms with E-state index in [1.165, 1.54) is 10.9 Å². The molecule has 2 heterocycles. The summed E-state index contributed by atoms with van der Waals surface area (Å²) >= 11 is 0. The molecular weight excluding hydrogens is 236 g/mol. The van der Waals surface area contributed by atoms with Gasteiger partial charge in [-0.05, 0) is 13.8 Å². The Labute approximate surface area is 103 Å². The smallest absolute Gasteiger partial charge is 0.242 e. The van der Waals surface area contributed by atoms with Crippen LogP contribution in [0.4, 0.5) is 5.82 Å². The molecule has 0 atom stereocenters. The second-order valence-electron chi connectivity index (χ2n) is 3.92. The van der Waals surface area contributed by atoms with Crippen molar-refractivity contribution in [2.45, 2.75) is 26.9 Å². The van der Waals surface area contributed by atoms with Gasteiger partial charge in [-0.25, -0.2) is 4.68 Å². The molecule has 0 aromatic carbocycles. The van der Waals surface area contributed by atoms with E-state index in [1.54, 1.807) is 6.92 Å². The summed E-state index contributed by atoms with van der Waals surface area (Å²) in [6, 6.07) is 0. The van der Waals surface area contributed by atoms with Crippen LogP contribution >= 0.6 is 0 Å². The van der Waals surface area contributed by atoms with Gasteiger partial charge in [0.15, 0.2) is 5.82 Å². The molecule has 0 fully saturated rings. The van der Waals surface area contributed by atoms with Crippen LogP contribution in [0.15, 0.2) is 10.7 Å². The monoisotopic (exact) mass is 250 g/mol. The lowest BCUT2D eigenvalue weighted by Gasteiger charge is -2.04. The highest BCUT2D eigenvalue weighted by Crippen LogP contribution is 2.11. The molecule has 3 N–H and O–H groups in total. The lowest BCUT2D eigenvalue weighted by molar-refractivity contribution is -0.122. The van der Waals surface area contributed by atoms with Crippen molar-refractivity contribution in [3.05, 3.63) is 23.2 Å². The van der Waals surface area contributed by atoms with E-state index in [1.807, 2.05) is 6.92 Å². The summed E-state index contributed by atoms with van der Waals surface area (Å²) in [6.07, 6.45) is 1.50. The number of carbonyl (C=O) groups is 1. The molecule has 0 saturated carbocycles. The molecule has 0 aliphatic heterocycles. The van der Waals surface area contributed by atoms with Crippen molar-refractivity contribution < 1.29 is 9.32 Å². The van der Waals surface area contributed by atoms with Gasteiger partial charge in [0.2, 0.25) is 5.91 Å². The summed E-state index contributed by atoms with van der Waals surface area (Å²) in [5.41, 5.74) is 7.06. The Morgan fingerprint density at radius 3 is 2.89 bits per heavy atom. The minimum atomic E-state index is -0.181. The van der Waals surface area contributed by atoms with E-state index in [-0.39, 0.29) is 18.3 Å². The number of hydrogen-bond acceptors (Lipinski definition) is 6. The summed E-state index contributed by atoms with van der Waals surface area (Å²) in [5.74, 6) is 0.811. The van der Waals surface area contributed by atoms with Crippen molar-refractivity contribution in [2.75, 3.05) is 5.73 Å². The van der Waals surface area contributed by atoms with Crippen molar-refractivity contribution in [3.63, 3.8) is 0 Å². The summed E-state index contributed by atoms with van der Waals surface area (Å²) < 4.78 is 6.38. The maximum absolute atomic E-state index is 11.6. The van der Waals surface area contributed by atoms with Crippen LogP contribution in [0, 0.1) is 13.8 Å². The Bertz CT molecular complexity index is 539. The van der Waals surface area contributed by atoms with Crippen LogP contribution in [-0.2, 0) is 17.9 Å². The van der Waals surface area contributed by atoms with Crippen LogP contribution in [0.1, 0.15) is 17.0 Å². The van der Waals surface area contributed by atoms with Crippen molar-refractivity contribution in [1.29, 1.82) is 0 Å². The topological polar surface area (TPSA) is 112 Å². The number of nitrogens with zero attached hydrogens (tertiary/aromatic N) is 4. The standard InChI is InChI=1S/C10H14N6O2/c1-6-8(7(2)18-14-6)3-12-10(17)5-16-4-9(11)13-15-16/h4H,3,5,11H2,1-2H3,(H,12,17). The number of nitrogens with one attached hydrogen (secondary N) is 1. The van der Waals surface area contributed by atoms with Crippen LogP contribution in [0.5, 0.6) is 0 Å². The van der Waals surface area contributed by atoms with Crippen LogP contribution in [0.3, 0.4) is 0 Å². The third-order valence-electron chi connectivity index (χ3n) is 2.51. The molecule has 0 radical (unpaired) electrons. The number of rotatable bonds is 4. The molecule has 0 unspecified atom stereocenters. The molecular formula is C10H14N6O2. The first-order valence-electron chi connectivity index (χ1n) is 5.40. The SMILES string of the molecule is Cc1noc(C)c1CNC(=O)Cn1cc(N)nn1. The zero-order valence-electron chi connectivity index (χ0n) is 10.2. The van der Waals surface area contributed by atoms with Gasteiger partial charge in [0, 0.05) is 12.1 Å². The fourth-order valence-electron chi connectivity index (χ4n) is 1.53. The lowest BCUT2D eigenvalue weighted by Crippen LogP contribution is -2.27. The third-order valence-corrected chi connectivity index (χ3v) is 2.51. The summed E-state index contributed by atoms with van der Waals surface area (Å²) in [4.78, 5) is 11.6. The number of nitrogen functional groups attached to an aromatic ring is 1. The Kier molecular flexibility index (Phi) is 3.26. The number of hydrogen-bond donors (Lipinski definition) is 2. The average molecular weight is 250 g/mol. The Hall–Kier alpha value is -2.38. The molecule has 0 bridgehead atoms. The molecule has 2 aromatic rings. The first kappa shape index (κ1) is 12.1. The third kappa shape index (κ3) is 2.65. The molecule has 8 heteroatoms. The molecule has 1 amide bonds. The molecule has 0 saturated heterocycles. The van der Waals surface area contributed by atoms with Crippen molar-refractivity contribution in [3.8, 4) is 0 Å². The van der Waals surface area contributed by atoms with Gasteiger partial charge in [0.25, 0.3) is 0 Å². The van der Waals surface area contributed by atoms with Gasteiger partial charge in [0.1, 0.15) is 12.3 Å². The Morgan fingerprint density at radius 1 is 1.56 bits per heavy atom. The van der Waals surface area contributed by atoms with Crippen LogP contribution in [0.2, 0.25) is 0 Å². The van der Waals surface area contributed by atoms with Crippen LogP contribution in [0.25, 0.3) is 0 Å². The van der Waals surface area contributed by atoms with Crippen molar-refractivity contribution in [1.82, 2.24) is 25.5 Å². The quantitative estimate of drug-likeness (QED) is 0.776. The molecule has 2 rings (SSSR count). The second kappa shape index (κ2) is 4.86. The van der Waals surface area contributed by atoms with E-state index in [0.717, 1.165) is 11.3 Å². The molecule has 0 aliphatic rings. The maximum atomic E-state index is 11.6. The minimum Gasteiger partial charge on any atom is -0.381 e. The Morgan fingerprint density at radius 2 is 2.33 bits per heavy atom. The normalized spacial score (nSPS) is 10.6. The van der Waals surface area contributed by atoms with Gasteiger partial charge in [-0.15, -0.1) is 5.10 Å². The van der Waals surface area contributed by atoms with Crippen molar-refractivity contribution >= 4 is 11.7 Å².